The summed E-state index contributed by atoms with van der Waals surface area (Å²) in [6.45, 7) is 0. The molecular weight excluding hydrogens is 249 g/mol. The lowest BCUT2D eigenvalue weighted by molar-refractivity contribution is 1.68. The van der Waals surface area contributed by atoms with Crippen molar-refractivity contribution in [2.75, 3.05) is 5.73 Å². The van der Waals surface area contributed by atoms with E-state index in [-0.39, 0.29) is 0 Å². The highest BCUT2D eigenvalue weighted by Crippen LogP contribution is 2.34. The van der Waals surface area contributed by atoms with Gasteiger partial charge in [0.05, 0.1) is 5.02 Å². The molecule has 0 atom stereocenters. The van der Waals surface area contributed by atoms with Crippen LogP contribution in [0.15, 0.2) is 34.8 Å². The van der Waals surface area contributed by atoms with Gasteiger partial charge in [-0.15, -0.1) is 0 Å². The van der Waals surface area contributed by atoms with Gasteiger partial charge in [-0.05, 0) is 22.0 Å². The topological polar surface area (TPSA) is 26.0 Å². The van der Waals surface area contributed by atoms with Crippen LogP contribution in [0.1, 0.15) is 0 Å². The summed E-state index contributed by atoms with van der Waals surface area (Å²) in [5.74, 6) is 0. The minimum absolute atomic E-state index is 0.713. The first-order valence-electron chi connectivity index (χ1n) is 3.82. The smallest absolute Gasteiger partial charge is 0.0627 e. The van der Waals surface area contributed by atoms with E-state index in [9.17, 15) is 0 Å². The van der Waals surface area contributed by atoms with Gasteiger partial charge in [-0.1, -0.05) is 35.9 Å². The molecule has 0 bridgehead atoms. The Labute approximate surface area is 89.6 Å². The van der Waals surface area contributed by atoms with E-state index in [0.717, 1.165) is 20.9 Å². The predicted molar refractivity (Wildman–Crippen MR) is 61.1 cm³/mol. The average Bonchev–Trinajstić information content (AvgIpc) is 2.15. The lowest BCUT2D eigenvalue weighted by atomic mass is 10.1. The number of anilines is 1. The fourth-order valence-electron chi connectivity index (χ4n) is 1.33. The highest BCUT2D eigenvalue weighted by Gasteiger charge is 2.05. The summed E-state index contributed by atoms with van der Waals surface area (Å²) in [5.41, 5.74) is 6.58. The van der Waals surface area contributed by atoms with E-state index < -0.39 is 0 Å². The number of nitrogens with two attached hydrogens (primary N) is 1. The molecule has 0 unspecified atom stereocenters. The first kappa shape index (κ1) is 8.85. The van der Waals surface area contributed by atoms with Crippen molar-refractivity contribution in [1.29, 1.82) is 0 Å². The highest BCUT2D eigenvalue weighted by atomic mass is 79.9. The monoisotopic (exact) mass is 255 g/mol. The summed E-state index contributed by atoms with van der Waals surface area (Å²) in [7, 11) is 0. The Hall–Kier alpha value is -0.730. The first-order chi connectivity index (χ1) is 6.20. The van der Waals surface area contributed by atoms with Crippen molar-refractivity contribution in [1.82, 2.24) is 0 Å². The van der Waals surface area contributed by atoms with Crippen molar-refractivity contribution >= 4 is 44.0 Å². The van der Waals surface area contributed by atoms with Crippen LogP contribution in [0.2, 0.25) is 5.02 Å². The van der Waals surface area contributed by atoms with Gasteiger partial charge >= 0.3 is 0 Å². The molecule has 0 aromatic heterocycles. The molecule has 0 aliphatic heterocycles. The van der Waals surface area contributed by atoms with Gasteiger partial charge in [-0.3, -0.25) is 0 Å². The molecule has 0 fully saturated rings. The van der Waals surface area contributed by atoms with Crippen molar-refractivity contribution < 1.29 is 0 Å². The zero-order valence-electron chi connectivity index (χ0n) is 6.72. The van der Waals surface area contributed by atoms with Crippen molar-refractivity contribution in [2.45, 2.75) is 0 Å². The molecule has 3 heteroatoms. The maximum absolute atomic E-state index is 6.10. The largest absolute Gasteiger partial charge is 0.398 e. The Kier molecular flexibility index (Phi) is 2.18. The Morgan fingerprint density at radius 3 is 2.46 bits per heavy atom. The van der Waals surface area contributed by atoms with Gasteiger partial charge in [0.1, 0.15) is 0 Å². The van der Waals surface area contributed by atoms with Crippen LogP contribution in [0.5, 0.6) is 0 Å². The standard InChI is InChI=1S/C10H7BrClN/c11-8-5-9(13)6-3-1-2-4-7(6)10(8)12/h1-5H,13H2. The Morgan fingerprint density at radius 2 is 1.77 bits per heavy atom. The molecule has 2 rings (SSSR count). The van der Waals surface area contributed by atoms with E-state index in [0.29, 0.717) is 5.02 Å². The number of hydrogen-bond acceptors (Lipinski definition) is 1. The number of rotatable bonds is 0. The molecule has 2 N–H and O–H groups in total. The molecule has 0 heterocycles. The lowest BCUT2D eigenvalue weighted by Crippen LogP contribution is -1.87. The van der Waals surface area contributed by atoms with Crippen LogP contribution in [-0.2, 0) is 0 Å². The van der Waals surface area contributed by atoms with Gasteiger partial charge in [0.2, 0.25) is 0 Å². The molecule has 0 radical (unpaired) electrons. The van der Waals surface area contributed by atoms with Crippen LogP contribution in [0, 0.1) is 0 Å². The van der Waals surface area contributed by atoms with Gasteiger partial charge in [-0.2, -0.15) is 0 Å². The predicted octanol–water partition coefficient (Wildman–Crippen LogP) is 3.84. The Balaban J connectivity index is 2.97. The molecule has 2 aromatic carbocycles. The first-order valence-corrected chi connectivity index (χ1v) is 4.99. The summed E-state index contributed by atoms with van der Waals surface area (Å²) in [4.78, 5) is 0. The maximum atomic E-state index is 6.10. The van der Waals surface area contributed by atoms with E-state index in [1.165, 1.54) is 0 Å². The van der Waals surface area contributed by atoms with Crippen LogP contribution in [-0.4, -0.2) is 0 Å². The van der Waals surface area contributed by atoms with Crippen LogP contribution in [0.25, 0.3) is 10.8 Å². The third-order valence-corrected chi connectivity index (χ3v) is 3.23. The van der Waals surface area contributed by atoms with Crippen molar-refractivity contribution in [3.63, 3.8) is 0 Å². The van der Waals surface area contributed by atoms with E-state index in [4.69, 9.17) is 17.3 Å². The number of halogens is 2. The Bertz CT molecular complexity index is 468. The fourth-order valence-corrected chi connectivity index (χ4v) is 2.01. The molecule has 66 valence electrons. The number of hydrogen-bond donors (Lipinski definition) is 1. The average molecular weight is 257 g/mol. The Morgan fingerprint density at radius 1 is 1.15 bits per heavy atom. The van der Waals surface area contributed by atoms with Crippen molar-refractivity contribution in [2.24, 2.45) is 0 Å². The van der Waals surface area contributed by atoms with Crippen LogP contribution in [0.3, 0.4) is 0 Å². The van der Waals surface area contributed by atoms with E-state index >= 15 is 0 Å². The van der Waals surface area contributed by atoms with Crippen LogP contribution < -0.4 is 5.73 Å². The van der Waals surface area contributed by atoms with Crippen LogP contribution >= 0.6 is 27.5 Å². The molecule has 0 saturated heterocycles. The van der Waals surface area contributed by atoms with Crippen molar-refractivity contribution in [3.05, 3.63) is 39.8 Å². The number of fused-ring (bicyclic) bond motifs is 1. The summed E-state index contributed by atoms with van der Waals surface area (Å²) < 4.78 is 0.838. The molecule has 13 heavy (non-hydrogen) atoms. The normalized spacial score (nSPS) is 10.6. The molecular formula is C10H7BrClN. The number of benzene rings is 2. The third kappa shape index (κ3) is 1.40. The van der Waals surface area contributed by atoms with E-state index in [1.54, 1.807) is 0 Å². The SMILES string of the molecule is Nc1cc(Br)c(Cl)c2ccccc12. The quantitative estimate of drug-likeness (QED) is 0.712. The summed E-state index contributed by atoms with van der Waals surface area (Å²) in [5, 5.41) is 2.69. The van der Waals surface area contributed by atoms with Gasteiger partial charge in [0.25, 0.3) is 0 Å². The zero-order valence-corrected chi connectivity index (χ0v) is 9.06. The van der Waals surface area contributed by atoms with E-state index in [2.05, 4.69) is 15.9 Å². The number of nitrogen functional groups attached to an aromatic ring is 1. The van der Waals surface area contributed by atoms with Gasteiger partial charge in [0.15, 0.2) is 0 Å². The second-order valence-electron chi connectivity index (χ2n) is 2.81. The van der Waals surface area contributed by atoms with E-state index in [1.807, 2.05) is 30.3 Å². The lowest BCUT2D eigenvalue weighted by Gasteiger charge is -2.05. The molecule has 0 aliphatic rings. The molecule has 0 spiro atoms. The molecule has 2 aromatic rings. The maximum Gasteiger partial charge on any atom is 0.0627 e. The van der Waals surface area contributed by atoms with Gasteiger partial charge < -0.3 is 5.73 Å². The summed E-state index contributed by atoms with van der Waals surface area (Å²) in [6.07, 6.45) is 0. The van der Waals surface area contributed by atoms with Crippen LogP contribution in [0.4, 0.5) is 5.69 Å². The highest BCUT2D eigenvalue weighted by molar-refractivity contribution is 9.10. The second-order valence-corrected chi connectivity index (χ2v) is 4.04. The minimum Gasteiger partial charge on any atom is -0.398 e. The van der Waals surface area contributed by atoms with Gasteiger partial charge in [-0.25, -0.2) is 0 Å². The van der Waals surface area contributed by atoms with Crippen molar-refractivity contribution in [3.8, 4) is 0 Å². The molecule has 1 nitrogen and oxygen atoms in total. The van der Waals surface area contributed by atoms with Gasteiger partial charge in [0, 0.05) is 20.9 Å². The fraction of sp³-hybridized carbons (Fsp3) is 0. The third-order valence-electron chi connectivity index (χ3n) is 1.97. The minimum atomic E-state index is 0.713. The second kappa shape index (κ2) is 3.20. The summed E-state index contributed by atoms with van der Waals surface area (Å²) >= 11 is 9.45. The summed E-state index contributed by atoms with van der Waals surface area (Å²) in [6, 6.07) is 9.63. The molecule has 0 aliphatic carbocycles. The molecule has 0 amide bonds. The zero-order chi connectivity index (χ0) is 9.42. The molecule has 0 saturated carbocycles.